The summed E-state index contributed by atoms with van der Waals surface area (Å²) in [4.78, 5) is 8.87. The van der Waals surface area contributed by atoms with Crippen LogP contribution >= 0.6 is 0 Å². The molecule has 4 aromatic carbocycles. The second-order valence-electron chi connectivity index (χ2n) is 11.5. The van der Waals surface area contributed by atoms with Crippen LogP contribution in [0.3, 0.4) is 0 Å². The molecular weight excluding hydrogens is 762 g/mol. The van der Waals surface area contributed by atoms with Gasteiger partial charge in [0.25, 0.3) is 11.4 Å². The maximum Gasteiger partial charge on any atom is 2.00 e. The molecule has 1 aliphatic heterocycles. The molecule has 1 aliphatic rings. The van der Waals surface area contributed by atoms with E-state index in [1.807, 2.05) is 47.0 Å². The summed E-state index contributed by atoms with van der Waals surface area (Å²) in [6.45, 7) is 1.42. The van der Waals surface area contributed by atoms with Crippen LogP contribution in [0.1, 0.15) is 30.5 Å². The maximum atomic E-state index is 8.18. The Morgan fingerprint density at radius 1 is 0.830 bits per heavy atom. The van der Waals surface area contributed by atoms with Crippen LogP contribution in [0.4, 0.5) is 17.1 Å². The van der Waals surface area contributed by atoms with Gasteiger partial charge in [-0.1, -0.05) is 56.6 Å². The molecule has 47 heavy (non-hydrogen) atoms. The van der Waals surface area contributed by atoms with E-state index in [1.165, 1.54) is 12.3 Å². The number of ether oxygens (including phenoxy) is 1. The van der Waals surface area contributed by atoms with Crippen LogP contribution in [0.15, 0.2) is 97.5 Å². The number of rotatable bonds is 5. The third kappa shape index (κ3) is 5.30. The summed E-state index contributed by atoms with van der Waals surface area (Å²) in [5.41, 5.74) is 8.41. The van der Waals surface area contributed by atoms with Crippen molar-refractivity contribution in [1.82, 2.24) is 19.1 Å². The second kappa shape index (κ2) is 11.9. The summed E-state index contributed by atoms with van der Waals surface area (Å²) in [7, 11) is 0. The van der Waals surface area contributed by atoms with E-state index in [0.29, 0.717) is 39.9 Å². The van der Waals surface area contributed by atoms with Crippen LogP contribution in [0, 0.1) is 39.8 Å². The van der Waals surface area contributed by atoms with Crippen molar-refractivity contribution < 1.29 is 38.6 Å². The van der Waals surface area contributed by atoms with Crippen LogP contribution < -0.4 is 9.31 Å². The van der Waals surface area contributed by atoms with Gasteiger partial charge in [-0.05, 0) is 73.5 Å². The summed E-state index contributed by atoms with van der Waals surface area (Å²) >= 11 is 0. The van der Waals surface area contributed by atoms with Crippen molar-refractivity contribution in [2.45, 2.75) is 27.6 Å². The minimum Gasteiger partial charge on any atom is -0.509 e. The van der Waals surface area contributed by atoms with Gasteiger partial charge in [0.05, 0.1) is 11.7 Å². The summed E-state index contributed by atoms with van der Waals surface area (Å²) < 4.78 is 59.7. The number of fused-ring (bicyclic) bond motifs is 4. The van der Waals surface area contributed by atoms with Crippen LogP contribution in [0.2, 0.25) is 0 Å². The fraction of sp³-hybridized carbons (Fsp3) is 0.125. The van der Waals surface area contributed by atoms with Gasteiger partial charge in [-0.2, -0.15) is 6.07 Å². The first-order valence-electron chi connectivity index (χ1n) is 17.8. The van der Waals surface area contributed by atoms with Gasteiger partial charge in [0, 0.05) is 40.1 Å². The van der Waals surface area contributed by atoms with Crippen molar-refractivity contribution in [2.75, 3.05) is 6.98 Å². The fourth-order valence-corrected chi connectivity index (χ4v) is 6.44. The molecule has 6 nitrogen and oxygen atoms in total. The first kappa shape index (κ1) is 24.1. The molecule has 0 atom stereocenters. The Balaban J connectivity index is 0.00000435. The molecule has 3 aromatic heterocycles. The summed E-state index contributed by atoms with van der Waals surface area (Å²) in [5.74, 6) is 1.17. The van der Waals surface area contributed by atoms with E-state index in [-0.39, 0.29) is 26.6 Å². The molecule has 7 aromatic rings. The smallest absolute Gasteiger partial charge is 0.509 e. The third-order valence-electron chi connectivity index (χ3n) is 8.25. The van der Waals surface area contributed by atoms with Crippen molar-refractivity contribution in [3.05, 3.63) is 132 Å². The largest absolute Gasteiger partial charge is 2.00 e. The number of hydrogen-bond donors (Lipinski definition) is 0. The molecule has 230 valence electrons. The van der Waals surface area contributed by atoms with E-state index < -0.39 is 13.8 Å². The Labute approximate surface area is 296 Å². The number of aryl methyl sites for hydroxylation is 4. The maximum absolute atomic E-state index is 8.18. The fourth-order valence-electron chi connectivity index (χ4n) is 6.44. The van der Waals surface area contributed by atoms with Gasteiger partial charge in [0.1, 0.15) is 15.6 Å². The van der Waals surface area contributed by atoms with E-state index in [9.17, 15) is 0 Å². The number of nitrogens with zero attached hydrogens (tertiary/aromatic N) is 5. The van der Waals surface area contributed by atoms with Gasteiger partial charge in [0.2, 0.25) is 0 Å². The van der Waals surface area contributed by atoms with E-state index in [4.69, 9.17) is 13.0 Å². The van der Waals surface area contributed by atoms with Crippen LogP contribution in [-0.4, -0.2) is 32.1 Å². The second-order valence-corrected chi connectivity index (χ2v) is 11.5. The molecule has 0 saturated carbocycles. The van der Waals surface area contributed by atoms with Crippen molar-refractivity contribution in [1.29, 1.82) is 0 Å². The predicted octanol–water partition coefficient (Wildman–Crippen LogP) is 9.16. The Bertz CT molecular complexity index is 2650. The number of aromatic nitrogens is 3. The topological polar surface area (TPSA) is 46.0 Å². The third-order valence-corrected chi connectivity index (χ3v) is 8.25. The van der Waals surface area contributed by atoms with Crippen LogP contribution in [0.5, 0.6) is 11.5 Å². The molecule has 0 unspecified atom stereocenters. The molecule has 0 fully saturated rings. The van der Waals surface area contributed by atoms with Gasteiger partial charge in [-0.3, -0.25) is 4.98 Å². The Morgan fingerprint density at radius 3 is 2.47 bits per heavy atom. The molecule has 7 heteroatoms. The SMILES string of the molecule is [2H]C([2H])([2H])c1ccnc(-n2c3[c-]c(Oc4[c-]c([N+]5=C=[N+](C([2H])([2H])[2H])c6ccccc65)cc(-c5c(C)cc(C)cc5C)c4)ccc3c3ccncc32)c1.[Pt+2]. The number of para-hydroxylation sites is 2. The standard InChI is InChI=1S/C40H31N5O.Pt/c1-25-12-15-42-39(18-25)45-37-22-31(10-11-33(37)34-13-14-41-23-38(34)45)46-32-20-29(40-27(3)16-26(2)17-28(40)4)19-30(21-32)44-24-43(5)35-8-6-7-9-36(35)44;/h6-20,23H,1-5H3;/q;+2/i1D3,5D3;. The molecule has 0 saturated heterocycles. The molecule has 4 heterocycles. The van der Waals surface area contributed by atoms with Crippen molar-refractivity contribution in [3.8, 4) is 28.4 Å². The van der Waals surface area contributed by atoms with E-state index in [0.717, 1.165) is 48.7 Å². The molecule has 0 N–H and O–H groups in total. The summed E-state index contributed by atoms with van der Waals surface area (Å²) in [6.07, 6.45) is 4.91. The van der Waals surface area contributed by atoms with Crippen molar-refractivity contribution in [2.24, 2.45) is 0 Å². The molecular formula is C40H31N5OPt+2. The zero-order chi connectivity index (χ0) is 36.5. The van der Waals surface area contributed by atoms with E-state index in [2.05, 4.69) is 61.0 Å². The number of hydrogen-bond acceptors (Lipinski definition) is 3. The van der Waals surface area contributed by atoms with Crippen molar-refractivity contribution in [3.63, 3.8) is 0 Å². The Morgan fingerprint density at radius 2 is 1.66 bits per heavy atom. The normalized spacial score (nSPS) is 14.5. The van der Waals surface area contributed by atoms with Gasteiger partial charge in [0.15, 0.2) is 6.98 Å². The van der Waals surface area contributed by atoms with Gasteiger partial charge < -0.3 is 9.30 Å². The van der Waals surface area contributed by atoms with Gasteiger partial charge >= 0.3 is 27.1 Å². The zero-order valence-electron chi connectivity index (χ0n) is 31.7. The molecule has 0 bridgehead atoms. The van der Waals surface area contributed by atoms with Gasteiger partial charge in [-0.15, -0.1) is 29.1 Å². The monoisotopic (exact) mass is 798 g/mol. The Kier molecular flexibility index (Phi) is 6.09. The van der Waals surface area contributed by atoms with Crippen molar-refractivity contribution >= 4 is 44.9 Å². The van der Waals surface area contributed by atoms with Gasteiger partial charge in [-0.25, -0.2) is 4.98 Å². The first-order valence-corrected chi connectivity index (χ1v) is 14.8. The first-order chi connectivity index (χ1) is 24.8. The Hall–Kier alpha value is -5.15. The minimum atomic E-state index is -2.46. The zero-order valence-corrected chi connectivity index (χ0v) is 28.0. The quantitative estimate of drug-likeness (QED) is 0.129. The average Bonchev–Trinajstić information content (AvgIpc) is 3.64. The molecule has 8 rings (SSSR count). The predicted molar refractivity (Wildman–Crippen MR) is 184 cm³/mol. The minimum absolute atomic E-state index is 0. The number of pyridine rings is 2. The molecule has 0 spiro atoms. The molecule has 0 radical (unpaired) electrons. The molecule has 0 aliphatic carbocycles. The summed E-state index contributed by atoms with van der Waals surface area (Å²) in [5, 5.41) is 1.76. The number of benzene rings is 4. The van der Waals surface area contributed by atoms with Crippen LogP contribution in [-0.2, 0) is 21.1 Å². The average molecular weight is 799 g/mol. The van der Waals surface area contributed by atoms with Crippen LogP contribution in [0.25, 0.3) is 38.8 Å². The van der Waals surface area contributed by atoms with E-state index >= 15 is 0 Å². The van der Waals surface area contributed by atoms with E-state index in [1.54, 1.807) is 35.2 Å². The summed E-state index contributed by atoms with van der Waals surface area (Å²) in [6, 6.07) is 33.9. The molecule has 0 amide bonds.